The number of carbonyl (C=O) groups excluding carboxylic acids is 1. The van der Waals surface area contributed by atoms with Crippen LogP contribution in [0.4, 0.5) is 0 Å². The Labute approximate surface area is 115 Å². The van der Waals surface area contributed by atoms with E-state index in [9.17, 15) is 4.79 Å². The highest BCUT2D eigenvalue weighted by atomic mass is 16.1. The average Bonchev–Trinajstić information content (AvgIpc) is 2.93. The molecule has 0 aromatic carbocycles. The topological polar surface area (TPSA) is 100 Å². The number of aromatic nitrogens is 6. The summed E-state index contributed by atoms with van der Waals surface area (Å²) in [5, 5.41) is 21.6. The molecule has 0 amide bonds. The van der Waals surface area contributed by atoms with Crippen molar-refractivity contribution in [3.63, 3.8) is 0 Å². The van der Waals surface area contributed by atoms with Crippen molar-refractivity contribution in [2.75, 3.05) is 0 Å². The fourth-order valence-electron chi connectivity index (χ4n) is 2.86. The van der Waals surface area contributed by atoms with E-state index in [4.69, 9.17) is 0 Å². The molecule has 0 radical (unpaired) electrons. The molecule has 2 fully saturated rings. The molecule has 4 rings (SSSR count). The molecular weight excluding hydrogens is 256 g/mol. The van der Waals surface area contributed by atoms with E-state index in [2.05, 4.69) is 30.8 Å². The largest absolute Gasteiger partial charge is 0.285 e. The summed E-state index contributed by atoms with van der Waals surface area (Å²) in [6.45, 7) is 0. The summed E-state index contributed by atoms with van der Waals surface area (Å²) in [5.74, 6) is 0.579. The molecule has 2 aromatic heterocycles. The molecule has 7 nitrogen and oxygen atoms in total. The maximum absolute atomic E-state index is 12.7. The Morgan fingerprint density at radius 3 is 1.60 bits per heavy atom. The van der Waals surface area contributed by atoms with Gasteiger partial charge in [-0.2, -0.15) is 30.8 Å². The van der Waals surface area contributed by atoms with Crippen molar-refractivity contribution in [2.45, 2.75) is 50.4 Å². The van der Waals surface area contributed by atoms with E-state index in [0.717, 1.165) is 37.1 Å². The molecular formula is C13H16N6O. The van der Waals surface area contributed by atoms with Crippen LogP contribution >= 0.6 is 0 Å². The van der Waals surface area contributed by atoms with E-state index in [1.165, 1.54) is 12.8 Å². The SMILES string of the molecule is O=C(c1n[nH]nc1C1CCC1)c1n[nH]nc1C1CCC1. The van der Waals surface area contributed by atoms with Crippen LogP contribution in [0.15, 0.2) is 0 Å². The first kappa shape index (κ1) is 11.7. The maximum atomic E-state index is 12.7. The monoisotopic (exact) mass is 272 g/mol. The number of H-pyrrole nitrogens is 2. The number of ketones is 1. The van der Waals surface area contributed by atoms with Gasteiger partial charge in [-0.05, 0) is 25.7 Å². The van der Waals surface area contributed by atoms with Crippen molar-refractivity contribution >= 4 is 5.78 Å². The number of nitrogens with zero attached hydrogens (tertiary/aromatic N) is 4. The quantitative estimate of drug-likeness (QED) is 0.825. The van der Waals surface area contributed by atoms with Crippen LogP contribution in [0, 0.1) is 0 Å². The van der Waals surface area contributed by atoms with E-state index in [-0.39, 0.29) is 5.78 Å². The predicted molar refractivity (Wildman–Crippen MR) is 69.4 cm³/mol. The van der Waals surface area contributed by atoms with Gasteiger partial charge in [0.15, 0.2) is 11.4 Å². The van der Waals surface area contributed by atoms with Crippen LogP contribution in [0.25, 0.3) is 0 Å². The number of aromatic amines is 2. The third-order valence-corrected chi connectivity index (χ3v) is 4.56. The second-order valence-corrected chi connectivity index (χ2v) is 5.70. The van der Waals surface area contributed by atoms with Gasteiger partial charge < -0.3 is 0 Å². The molecule has 104 valence electrons. The Bertz CT molecular complexity index is 583. The molecule has 2 aliphatic carbocycles. The third-order valence-electron chi connectivity index (χ3n) is 4.56. The van der Waals surface area contributed by atoms with Gasteiger partial charge in [-0.25, -0.2) is 0 Å². The van der Waals surface area contributed by atoms with Crippen LogP contribution in [0.5, 0.6) is 0 Å². The van der Waals surface area contributed by atoms with Gasteiger partial charge >= 0.3 is 0 Å². The van der Waals surface area contributed by atoms with Crippen LogP contribution in [-0.2, 0) is 0 Å². The molecule has 0 bridgehead atoms. The molecule has 2 saturated carbocycles. The van der Waals surface area contributed by atoms with Gasteiger partial charge in [0.05, 0.1) is 11.4 Å². The Balaban J connectivity index is 1.67. The molecule has 2 heterocycles. The Kier molecular flexibility index (Phi) is 2.64. The summed E-state index contributed by atoms with van der Waals surface area (Å²) in [5.41, 5.74) is 2.43. The van der Waals surface area contributed by atoms with Crippen LogP contribution in [0.3, 0.4) is 0 Å². The van der Waals surface area contributed by atoms with E-state index in [0.29, 0.717) is 23.2 Å². The predicted octanol–water partition coefficient (Wildman–Crippen LogP) is 1.69. The number of nitrogens with one attached hydrogen (secondary N) is 2. The maximum Gasteiger partial charge on any atom is 0.237 e. The fraction of sp³-hybridized carbons (Fsp3) is 0.615. The van der Waals surface area contributed by atoms with Gasteiger partial charge in [-0.3, -0.25) is 4.79 Å². The molecule has 0 unspecified atom stereocenters. The molecule has 2 aromatic rings. The van der Waals surface area contributed by atoms with Gasteiger partial charge in [0.1, 0.15) is 0 Å². The van der Waals surface area contributed by atoms with Gasteiger partial charge in [-0.15, -0.1) is 0 Å². The first-order chi connectivity index (χ1) is 9.84. The Morgan fingerprint density at radius 1 is 0.800 bits per heavy atom. The minimum Gasteiger partial charge on any atom is -0.285 e. The molecule has 2 N–H and O–H groups in total. The van der Waals surface area contributed by atoms with Crippen molar-refractivity contribution in [2.24, 2.45) is 0 Å². The lowest BCUT2D eigenvalue weighted by Crippen LogP contribution is -2.18. The summed E-state index contributed by atoms with van der Waals surface area (Å²) in [6, 6.07) is 0. The van der Waals surface area contributed by atoms with Crippen molar-refractivity contribution < 1.29 is 4.79 Å². The zero-order chi connectivity index (χ0) is 13.5. The van der Waals surface area contributed by atoms with Crippen LogP contribution in [-0.4, -0.2) is 36.6 Å². The summed E-state index contributed by atoms with van der Waals surface area (Å²) >= 11 is 0. The zero-order valence-corrected chi connectivity index (χ0v) is 11.1. The Hall–Kier alpha value is -2.05. The minimum atomic E-state index is -0.156. The number of rotatable bonds is 4. The lowest BCUT2D eigenvalue weighted by Gasteiger charge is -2.24. The normalized spacial score (nSPS) is 19.6. The zero-order valence-electron chi connectivity index (χ0n) is 11.1. The standard InChI is InChI=1S/C13H16N6O/c20-13(11-9(14-18-16-11)7-3-1-4-7)12-10(15-19-17-12)8-5-2-6-8/h7-8H,1-6H2,(H,14,16,18)(H,15,17,19). The van der Waals surface area contributed by atoms with E-state index >= 15 is 0 Å². The van der Waals surface area contributed by atoms with Gasteiger partial charge in [0, 0.05) is 11.8 Å². The third kappa shape index (κ3) is 1.69. The highest BCUT2D eigenvalue weighted by Crippen LogP contribution is 2.38. The average molecular weight is 272 g/mol. The van der Waals surface area contributed by atoms with Crippen molar-refractivity contribution in [1.29, 1.82) is 0 Å². The molecule has 0 spiro atoms. The molecule has 0 aliphatic heterocycles. The van der Waals surface area contributed by atoms with Crippen LogP contribution < -0.4 is 0 Å². The van der Waals surface area contributed by atoms with E-state index in [1.54, 1.807) is 0 Å². The van der Waals surface area contributed by atoms with Crippen molar-refractivity contribution in [3.8, 4) is 0 Å². The van der Waals surface area contributed by atoms with Crippen LogP contribution in [0.1, 0.15) is 77.9 Å². The highest BCUT2D eigenvalue weighted by Gasteiger charge is 2.33. The smallest absolute Gasteiger partial charge is 0.237 e. The summed E-state index contributed by atoms with van der Waals surface area (Å²) in [7, 11) is 0. The number of hydrogen-bond donors (Lipinski definition) is 2. The summed E-state index contributed by atoms with van der Waals surface area (Å²) in [4.78, 5) is 12.7. The second kappa shape index (κ2) is 4.50. The van der Waals surface area contributed by atoms with Gasteiger partial charge in [0.2, 0.25) is 5.78 Å². The number of hydrogen-bond acceptors (Lipinski definition) is 5. The minimum absolute atomic E-state index is 0.156. The van der Waals surface area contributed by atoms with Crippen molar-refractivity contribution in [1.82, 2.24) is 30.8 Å². The molecule has 2 aliphatic rings. The van der Waals surface area contributed by atoms with E-state index < -0.39 is 0 Å². The molecule has 0 saturated heterocycles. The fourth-order valence-corrected chi connectivity index (χ4v) is 2.86. The Morgan fingerprint density at radius 2 is 1.25 bits per heavy atom. The number of carbonyl (C=O) groups is 1. The molecule has 0 atom stereocenters. The van der Waals surface area contributed by atoms with Gasteiger partial charge in [-0.1, -0.05) is 12.8 Å². The summed E-state index contributed by atoms with van der Waals surface area (Å²) in [6.07, 6.45) is 6.73. The van der Waals surface area contributed by atoms with Gasteiger partial charge in [0.25, 0.3) is 0 Å². The van der Waals surface area contributed by atoms with E-state index in [1.807, 2.05) is 0 Å². The van der Waals surface area contributed by atoms with Crippen molar-refractivity contribution in [3.05, 3.63) is 22.8 Å². The molecule has 20 heavy (non-hydrogen) atoms. The first-order valence-corrected chi connectivity index (χ1v) is 7.20. The lowest BCUT2D eigenvalue weighted by atomic mass is 9.80. The van der Waals surface area contributed by atoms with Crippen LogP contribution in [0.2, 0.25) is 0 Å². The highest BCUT2D eigenvalue weighted by molar-refractivity contribution is 6.07. The first-order valence-electron chi connectivity index (χ1n) is 7.20. The second-order valence-electron chi connectivity index (χ2n) is 5.70. The summed E-state index contributed by atoms with van der Waals surface area (Å²) < 4.78 is 0. The molecule has 7 heteroatoms. The lowest BCUT2D eigenvalue weighted by molar-refractivity contribution is 0.102.